The van der Waals surface area contributed by atoms with Crippen molar-refractivity contribution in [2.75, 3.05) is 0 Å². The minimum atomic E-state index is -1.82. The third-order valence-corrected chi connectivity index (χ3v) is 0.354. The monoisotopic (exact) mass is 331 g/mol. The molecule has 0 bridgehead atoms. The summed E-state index contributed by atoms with van der Waals surface area (Å²) in [7, 11) is 0. The van der Waals surface area contributed by atoms with Gasteiger partial charge in [-0.2, -0.15) is 0 Å². The molecule has 2 radical (unpaired) electrons. The minimum absolute atomic E-state index is 0.0556. The molecular formula is BO3PbZn. The molecule has 0 rings (SSSR count). The predicted molar refractivity (Wildman–Crippen MR) is 13.6 cm³/mol. The standard InChI is InChI=1S/BO.2O.Pb.Zn/c1-2;;;;/q+1;;;;-1. The summed E-state index contributed by atoms with van der Waals surface area (Å²) in [5, 5.41) is 0. The van der Waals surface area contributed by atoms with Crippen LogP contribution in [0.3, 0.4) is 0 Å². The Kier molecular flexibility index (Phi) is 28.0. The molecule has 6 heteroatoms. The molecule has 0 aliphatic rings. The van der Waals surface area contributed by atoms with E-state index in [0.717, 1.165) is 0 Å². The Morgan fingerprint density at radius 2 is 1.67 bits per heavy atom. The van der Waals surface area contributed by atoms with Crippen LogP contribution in [-0.4, -0.2) is 31.4 Å². The van der Waals surface area contributed by atoms with Crippen LogP contribution in [-0.2, 0) is 27.9 Å². The maximum atomic E-state index is 9.12. The van der Waals surface area contributed by atoms with Crippen molar-refractivity contribution in [1.82, 2.24) is 0 Å². The SMILES string of the molecule is O=[B][Zn]=[O].[O]=[Pb]. The van der Waals surface area contributed by atoms with Crippen LogP contribution in [0.4, 0.5) is 0 Å². The molecule has 0 aromatic carbocycles. The van der Waals surface area contributed by atoms with E-state index in [4.69, 9.17) is 11.0 Å². The summed E-state index contributed by atoms with van der Waals surface area (Å²) < 4.78 is 26.5. The second-order valence-corrected chi connectivity index (χ2v) is 1.73. The second kappa shape index (κ2) is 16.6. The zero-order chi connectivity index (χ0) is 5.41. The van der Waals surface area contributed by atoms with Crippen molar-refractivity contribution in [2.45, 2.75) is 0 Å². The first kappa shape index (κ1) is 10.1. The Bertz CT molecular complexity index is 40.1. The van der Waals surface area contributed by atoms with Crippen LogP contribution in [0.25, 0.3) is 0 Å². The second-order valence-electron chi connectivity index (χ2n) is 0.333. The molecule has 0 aromatic heterocycles. The van der Waals surface area contributed by atoms with Crippen LogP contribution in [0.15, 0.2) is 0 Å². The van der Waals surface area contributed by atoms with Gasteiger partial charge in [0.15, 0.2) is 0 Å². The van der Waals surface area contributed by atoms with E-state index in [1.165, 1.54) is 0 Å². The number of rotatable bonds is 1. The molecule has 0 amide bonds. The van der Waals surface area contributed by atoms with Crippen molar-refractivity contribution >= 4 is 31.4 Å². The molecule has 0 aromatic rings. The average Bonchev–Trinajstić information content (AvgIpc) is 1.72. The van der Waals surface area contributed by atoms with Gasteiger partial charge in [0, 0.05) is 0 Å². The van der Waals surface area contributed by atoms with Crippen molar-refractivity contribution in [3.63, 3.8) is 0 Å². The Hall–Kier alpha value is 1.01. The first-order chi connectivity index (χ1) is 2.91. The molecule has 3 nitrogen and oxygen atoms in total. The van der Waals surface area contributed by atoms with Crippen LogP contribution < -0.4 is 0 Å². The zero-order valence-electron chi connectivity index (χ0n) is 3.01. The van der Waals surface area contributed by atoms with Crippen molar-refractivity contribution in [2.24, 2.45) is 0 Å². The fourth-order valence-electron chi connectivity index (χ4n) is 0. The predicted octanol–water partition coefficient (Wildman–Crippen LogP) is -1.12. The summed E-state index contributed by atoms with van der Waals surface area (Å²) >= 11 is -1.76. The molecule has 0 N–H and O–H groups in total. The van der Waals surface area contributed by atoms with Crippen LogP contribution in [0.2, 0.25) is 0 Å². The van der Waals surface area contributed by atoms with Crippen molar-refractivity contribution in [3.8, 4) is 0 Å². The van der Waals surface area contributed by atoms with Crippen molar-refractivity contribution in [1.29, 1.82) is 0 Å². The van der Waals surface area contributed by atoms with Gasteiger partial charge in [-0.1, -0.05) is 0 Å². The molecule has 0 fully saturated rings. The van der Waals surface area contributed by atoms with Gasteiger partial charge in [-0.05, 0) is 0 Å². The topological polar surface area (TPSA) is 51.2 Å². The first-order valence-electron chi connectivity index (χ1n) is 1.14. The molecule has 0 atom stereocenters. The summed E-state index contributed by atoms with van der Waals surface area (Å²) in [5.74, 6) is 0. The quantitative estimate of drug-likeness (QED) is 0.572. The fourth-order valence-corrected chi connectivity index (χ4v) is 0. The van der Waals surface area contributed by atoms with Gasteiger partial charge in [-0.3, -0.25) is 0 Å². The van der Waals surface area contributed by atoms with Crippen LogP contribution in [0.5, 0.6) is 0 Å². The Morgan fingerprint density at radius 3 is 1.67 bits per heavy atom. The normalized spacial score (nSPS) is 2.67. The third-order valence-electron chi connectivity index (χ3n) is 0.0680. The Labute approximate surface area is 58.9 Å². The molecule has 0 aliphatic heterocycles. The van der Waals surface area contributed by atoms with E-state index >= 15 is 0 Å². The fraction of sp³-hybridized carbons (Fsp3) is 0. The Morgan fingerprint density at radius 1 is 1.50 bits per heavy atom. The van der Waals surface area contributed by atoms with E-state index < -0.39 is 16.9 Å². The van der Waals surface area contributed by atoms with Crippen LogP contribution >= 0.6 is 0 Å². The van der Waals surface area contributed by atoms with E-state index in [1.807, 2.05) is 0 Å². The molecule has 0 heterocycles. The van der Waals surface area contributed by atoms with Crippen LogP contribution in [0, 0.1) is 0 Å². The molecule has 0 saturated carbocycles. The van der Waals surface area contributed by atoms with E-state index in [2.05, 4.69) is 0 Å². The van der Waals surface area contributed by atoms with Gasteiger partial charge in [-0.25, -0.2) is 0 Å². The van der Waals surface area contributed by atoms with Gasteiger partial charge < -0.3 is 0 Å². The number of hydrogen-bond donors (Lipinski definition) is 0. The molecule has 0 spiro atoms. The van der Waals surface area contributed by atoms with E-state index in [9.17, 15) is 0 Å². The van der Waals surface area contributed by atoms with Gasteiger partial charge in [0.05, 0.1) is 0 Å². The summed E-state index contributed by atoms with van der Waals surface area (Å²) in [5.41, 5.74) is 0.507. The molecule has 0 unspecified atom stereocenters. The zero-order valence-corrected chi connectivity index (χ0v) is 9.86. The van der Waals surface area contributed by atoms with E-state index in [0.29, 0.717) is 5.64 Å². The van der Waals surface area contributed by atoms with Gasteiger partial charge in [0.25, 0.3) is 0 Å². The third kappa shape index (κ3) is 19.9. The van der Waals surface area contributed by atoms with Gasteiger partial charge in [0.2, 0.25) is 0 Å². The van der Waals surface area contributed by atoms with Crippen molar-refractivity contribution in [3.05, 3.63) is 0 Å². The summed E-state index contributed by atoms with van der Waals surface area (Å²) in [6.45, 7) is 0. The van der Waals surface area contributed by atoms with E-state index in [-0.39, 0.29) is 25.8 Å². The maximum absolute atomic E-state index is 9.12. The molecule has 6 heavy (non-hydrogen) atoms. The van der Waals surface area contributed by atoms with Gasteiger partial charge in [0.1, 0.15) is 0 Å². The Balaban J connectivity index is 0. The summed E-state index contributed by atoms with van der Waals surface area (Å²) in [4.78, 5) is 0. The summed E-state index contributed by atoms with van der Waals surface area (Å²) in [6.07, 6.45) is 0. The van der Waals surface area contributed by atoms with E-state index in [1.54, 1.807) is 0 Å². The molecule has 0 saturated heterocycles. The molecule has 0 aliphatic carbocycles. The number of hydrogen-bond acceptors (Lipinski definition) is 3. The summed E-state index contributed by atoms with van der Waals surface area (Å²) in [6, 6.07) is 0. The van der Waals surface area contributed by atoms with Gasteiger partial charge in [-0.15, -0.1) is 0 Å². The molecule has 27 valence electrons. The van der Waals surface area contributed by atoms with Crippen molar-refractivity contribution < 1.29 is 27.9 Å². The molecular weight excluding hydrogens is 331 g/mol. The van der Waals surface area contributed by atoms with Crippen LogP contribution in [0.1, 0.15) is 0 Å². The van der Waals surface area contributed by atoms with Gasteiger partial charge >= 0.3 is 59.3 Å². The first-order valence-corrected chi connectivity index (χ1v) is 5.65. The average molecular weight is 331 g/mol.